The molecule has 0 spiro atoms. The van der Waals surface area contributed by atoms with Crippen LogP contribution in [-0.4, -0.2) is 73.2 Å². The molecule has 7 rings (SSSR count). The molecular weight excluding hydrogens is 564 g/mol. The van der Waals surface area contributed by atoms with E-state index in [1.54, 1.807) is 6.20 Å². The minimum atomic E-state index is -0.274. The topological polar surface area (TPSA) is 101 Å². The number of hydrogen-bond acceptors (Lipinski definition) is 7. The van der Waals surface area contributed by atoms with Gasteiger partial charge in [-0.2, -0.15) is 10.1 Å². The van der Waals surface area contributed by atoms with Crippen LogP contribution in [0.15, 0.2) is 71.7 Å². The first kappa shape index (κ1) is 28.9. The van der Waals surface area contributed by atoms with E-state index in [0.717, 1.165) is 54.3 Å². The molecule has 2 aliphatic rings. The number of fused-ring (bicyclic) bond motifs is 1. The Kier molecular flexibility index (Phi) is 7.66. The summed E-state index contributed by atoms with van der Waals surface area (Å²) in [7, 11) is 2.16. The Morgan fingerprint density at radius 3 is 2.47 bits per heavy atom. The number of pyridine rings is 1. The van der Waals surface area contributed by atoms with Crippen LogP contribution in [0.25, 0.3) is 27.8 Å². The molecule has 10 nitrogen and oxygen atoms in total. The normalized spacial score (nSPS) is 17.0. The molecule has 0 radical (unpaired) electrons. The van der Waals surface area contributed by atoms with Gasteiger partial charge in [-0.05, 0) is 88.5 Å². The summed E-state index contributed by atoms with van der Waals surface area (Å²) >= 11 is 0. The van der Waals surface area contributed by atoms with E-state index < -0.39 is 0 Å². The van der Waals surface area contributed by atoms with E-state index in [1.165, 1.54) is 16.6 Å². The number of likely N-dealkylation sites (N-methyl/N-ethyl adjacent to an activating group) is 1. The zero-order chi connectivity index (χ0) is 31.1. The number of carbonyl (C=O) groups is 1. The molecule has 1 unspecified atom stereocenters. The standard InChI is InChI=1S/C35H38N8O2/c1-23-32(24(2)43(39-23)29-9-5-4-6-10-29)30-19-27-20-36-35(37-28-13-11-25(12-14-28)26-15-18-40(3)21-26)38-33(27)42(34(30)45)22-31(44)41-16-7-8-17-41/h4-6,9-14,19-20,26H,7-8,15-18,21-22H2,1-3H3,(H,36,37,38). The van der Waals surface area contributed by atoms with Gasteiger partial charge in [0.1, 0.15) is 12.2 Å². The van der Waals surface area contributed by atoms with Gasteiger partial charge in [0.15, 0.2) is 0 Å². The third kappa shape index (κ3) is 5.62. The van der Waals surface area contributed by atoms with Crippen molar-refractivity contribution in [2.24, 2.45) is 0 Å². The summed E-state index contributed by atoms with van der Waals surface area (Å²) in [5.74, 6) is 0.835. The molecule has 5 aromatic rings. The van der Waals surface area contributed by atoms with Crippen molar-refractivity contribution in [2.45, 2.75) is 45.6 Å². The monoisotopic (exact) mass is 602 g/mol. The number of anilines is 2. The summed E-state index contributed by atoms with van der Waals surface area (Å²) in [4.78, 5) is 41.3. The van der Waals surface area contributed by atoms with Crippen molar-refractivity contribution >= 4 is 28.6 Å². The maximum atomic E-state index is 14.3. The lowest BCUT2D eigenvalue weighted by molar-refractivity contribution is -0.130. The molecule has 10 heteroatoms. The Morgan fingerprint density at radius 2 is 1.76 bits per heavy atom. The predicted octanol–water partition coefficient (Wildman–Crippen LogP) is 5.05. The van der Waals surface area contributed by atoms with E-state index in [0.29, 0.717) is 41.6 Å². The smallest absolute Gasteiger partial charge is 0.260 e. The zero-order valence-electron chi connectivity index (χ0n) is 26.0. The molecule has 2 aliphatic heterocycles. The Hall–Kier alpha value is -4.83. The average Bonchev–Trinajstić information content (AvgIpc) is 3.81. The van der Waals surface area contributed by atoms with Gasteiger partial charge in [0.25, 0.3) is 5.56 Å². The third-order valence-electron chi connectivity index (χ3n) is 9.17. The maximum Gasteiger partial charge on any atom is 0.260 e. The largest absolute Gasteiger partial charge is 0.341 e. The second-order valence-electron chi connectivity index (χ2n) is 12.3. The maximum absolute atomic E-state index is 14.3. The summed E-state index contributed by atoms with van der Waals surface area (Å²) in [5, 5.41) is 8.76. The Bertz CT molecular complexity index is 1920. The fourth-order valence-electron chi connectivity index (χ4n) is 6.77. The van der Waals surface area contributed by atoms with E-state index in [2.05, 4.69) is 34.4 Å². The molecule has 1 N–H and O–H groups in total. The van der Waals surface area contributed by atoms with Gasteiger partial charge >= 0.3 is 0 Å². The lowest BCUT2D eigenvalue weighted by atomic mass is 9.98. The molecule has 1 amide bonds. The van der Waals surface area contributed by atoms with Crippen molar-refractivity contribution in [1.82, 2.24) is 34.1 Å². The van der Waals surface area contributed by atoms with Crippen molar-refractivity contribution in [3.63, 3.8) is 0 Å². The number of carbonyl (C=O) groups excluding carboxylic acids is 1. The summed E-state index contributed by atoms with van der Waals surface area (Å²) in [6.07, 6.45) is 4.84. The number of para-hydroxylation sites is 1. The van der Waals surface area contributed by atoms with Gasteiger partial charge in [-0.1, -0.05) is 30.3 Å². The molecule has 2 fully saturated rings. The molecule has 45 heavy (non-hydrogen) atoms. The van der Waals surface area contributed by atoms with E-state index in [9.17, 15) is 9.59 Å². The number of benzene rings is 2. The van der Waals surface area contributed by atoms with Gasteiger partial charge in [-0.25, -0.2) is 9.67 Å². The minimum Gasteiger partial charge on any atom is -0.341 e. The predicted molar refractivity (Wildman–Crippen MR) is 176 cm³/mol. The first-order valence-corrected chi connectivity index (χ1v) is 15.7. The van der Waals surface area contributed by atoms with Crippen molar-refractivity contribution in [1.29, 1.82) is 0 Å². The van der Waals surface area contributed by atoms with Crippen LogP contribution in [-0.2, 0) is 11.3 Å². The fraction of sp³-hybridized carbons (Fsp3) is 0.343. The van der Waals surface area contributed by atoms with Crippen LogP contribution >= 0.6 is 0 Å². The van der Waals surface area contributed by atoms with Gasteiger partial charge in [-0.15, -0.1) is 0 Å². The average molecular weight is 603 g/mol. The van der Waals surface area contributed by atoms with Crippen LogP contribution in [0, 0.1) is 13.8 Å². The lowest BCUT2D eigenvalue weighted by Crippen LogP contribution is -2.35. The van der Waals surface area contributed by atoms with E-state index in [-0.39, 0.29) is 18.0 Å². The molecule has 230 valence electrons. The van der Waals surface area contributed by atoms with Crippen molar-refractivity contribution in [2.75, 3.05) is 38.5 Å². The van der Waals surface area contributed by atoms with Crippen molar-refractivity contribution in [3.05, 3.63) is 94.2 Å². The van der Waals surface area contributed by atoms with E-state index in [4.69, 9.17) is 10.1 Å². The van der Waals surface area contributed by atoms with Gasteiger partial charge in [0.2, 0.25) is 11.9 Å². The molecule has 5 heterocycles. The Morgan fingerprint density at radius 1 is 1.00 bits per heavy atom. The number of amides is 1. The van der Waals surface area contributed by atoms with Crippen LogP contribution in [0.5, 0.6) is 0 Å². The molecule has 1 atom stereocenters. The van der Waals surface area contributed by atoms with E-state index >= 15 is 0 Å². The van der Waals surface area contributed by atoms with Gasteiger partial charge in [0, 0.05) is 48.2 Å². The fourth-order valence-corrected chi connectivity index (χ4v) is 6.77. The first-order valence-electron chi connectivity index (χ1n) is 15.7. The van der Waals surface area contributed by atoms with Crippen LogP contribution in [0.4, 0.5) is 11.6 Å². The number of aromatic nitrogens is 5. The van der Waals surface area contributed by atoms with Crippen molar-refractivity contribution in [3.8, 4) is 16.8 Å². The van der Waals surface area contributed by atoms with Gasteiger partial charge in [-0.3, -0.25) is 14.2 Å². The third-order valence-corrected chi connectivity index (χ3v) is 9.17. The number of hydrogen-bond donors (Lipinski definition) is 1. The highest BCUT2D eigenvalue weighted by molar-refractivity contribution is 5.85. The van der Waals surface area contributed by atoms with Gasteiger partial charge in [0.05, 0.1) is 16.9 Å². The summed E-state index contributed by atoms with van der Waals surface area (Å²) in [5.41, 5.74) is 6.06. The molecule has 0 aliphatic carbocycles. The quantitative estimate of drug-likeness (QED) is 0.278. The zero-order valence-corrected chi connectivity index (χ0v) is 26.0. The second-order valence-corrected chi connectivity index (χ2v) is 12.3. The minimum absolute atomic E-state index is 0.0808. The highest BCUT2D eigenvalue weighted by Crippen LogP contribution is 2.30. The van der Waals surface area contributed by atoms with Crippen LogP contribution < -0.4 is 10.9 Å². The summed E-state index contributed by atoms with van der Waals surface area (Å²) in [6, 6.07) is 20.1. The first-order chi connectivity index (χ1) is 21.9. The lowest BCUT2D eigenvalue weighted by Gasteiger charge is -2.18. The SMILES string of the molecule is Cc1nn(-c2ccccc2)c(C)c1-c1cc2cnc(Nc3ccc(C4CCN(C)C4)cc3)nc2n(CC(=O)N2CCCC2)c1=O. The second kappa shape index (κ2) is 11.9. The van der Waals surface area contributed by atoms with E-state index in [1.807, 2.05) is 72.0 Å². The van der Waals surface area contributed by atoms with Crippen molar-refractivity contribution < 1.29 is 4.79 Å². The highest BCUT2D eigenvalue weighted by Gasteiger charge is 2.25. The summed E-state index contributed by atoms with van der Waals surface area (Å²) in [6.45, 7) is 7.39. The van der Waals surface area contributed by atoms with Gasteiger partial charge < -0.3 is 15.1 Å². The number of nitrogens with one attached hydrogen (secondary N) is 1. The number of aryl methyl sites for hydroxylation is 1. The molecule has 3 aromatic heterocycles. The number of rotatable bonds is 7. The Labute approximate surface area is 262 Å². The Balaban J connectivity index is 1.28. The summed E-state index contributed by atoms with van der Waals surface area (Å²) < 4.78 is 3.37. The molecule has 2 aromatic carbocycles. The molecule has 0 saturated carbocycles. The highest BCUT2D eigenvalue weighted by atomic mass is 16.2. The molecule has 0 bridgehead atoms. The van der Waals surface area contributed by atoms with Crippen LogP contribution in [0.1, 0.15) is 42.1 Å². The van der Waals surface area contributed by atoms with Crippen LogP contribution in [0.3, 0.4) is 0 Å². The number of likely N-dealkylation sites (tertiary alicyclic amines) is 2. The molecular formula is C35H38N8O2. The number of nitrogens with zero attached hydrogens (tertiary/aromatic N) is 7. The van der Waals surface area contributed by atoms with Crippen LogP contribution in [0.2, 0.25) is 0 Å². The molecule has 2 saturated heterocycles.